The highest BCUT2D eigenvalue weighted by Crippen LogP contribution is 2.18. The molecule has 0 bridgehead atoms. The van der Waals surface area contributed by atoms with E-state index >= 15 is 0 Å². The Balaban J connectivity index is 2.43. The highest BCUT2D eigenvalue weighted by molar-refractivity contribution is 5.79. The monoisotopic (exact) mass is 225 g/mol. The summed E-state index contributed by atoms with van der Waals surface area (Å²) in [6, 6.07) is 1.64. The molecule has 2 amide bonds. The molecule has 0 saturated carbocycles. The van der Waals surface area contributed by atoms with Crippen LogP contribution in [0, 0.1) is 17.2 Å². The number of amides is 2. The van der Waals surface area contributed by atoms with E-state index in [1.165, 1.54) is 9.80 Å². The molecule has 1 saturated heterocycles. The van der Waals surface area contributed by atoms with Gasteiger partial charge < -0.3 is 14.9 Å². The number of urea groups is 1. The van der Waals surface area contributed by atoms with Gasteiger partial charge in [-0.3, -0.25) is 4.79 Å². The predicted molar refractivity (Wildman–Crippen MR) is 55.5 cm³/mol. The Morgan fingerprint density at radius 3 is 2.62 bits per heavy atom. The lowest BCUT2D eigenvalue weighted by Crippen LogP contribution is -2.57. The van der Waals surface area contributed by atoms with E-state index in [4.69, 9.17) is 10.4 Å². The first kappa shape index (κ1) is 12.3. The van der Waals surface area contributed by atoms with E-state index in [0.717, 1.165) is 0 Å². The van der Waals surface area contributed by atoms with E-state index in [2.05, 4.69) is 0 Å². The molecule has 1 aliphatic rings. The largest absolute Gasteiger partial charge is 0.481 e. The van der Waals surface area contributed by atoms with Gasteiger partial charge in [0.25, 0.3) is 0 Å². The molecule has 1 aliphatic heterocycles. The summed E-state index contributed by atoms with van der Waals surface area (Å²) in [6.45, 7) is 2.31. The van der Waals surface area contributed by atoms with Crippen LogP contribution < -0.4 is 0 Å². The first-order chi connectivity index (χ1) is 7.47. The lowest BCUT2D eigenvalue weighted by Gasteiger charge is -2.40. The lowest BCUT2D eigenvalue weighted by molar-refractivity contribution is -0.146. The van der Waals surface area contributed by atoms with Crippen LogP contribution in [0.2, 0.25) is 0 Å². The topological polar surface area (TPSA) is 84.6 Å². The minimum absolute atomic E-state index is 0.152. The Morgan fingerprint density at radius 2 is 2.19 bits per heavy atom. The number of likely N-dealkylation sites (tertiary alicyclic amines) is 1. The quantitative estimate of drug-likeness (QED) is 0.751. The summed E-state index contributed by atoms with van der Waals surface area (Å²) in [5, 5.41) is 17.2. The third-order valence-electron chi connectivity index (χ3n) is 2.85. The molecule has 1 heterocycles. The molecule has 0 spiro atoms. The molecule has 1 atom stereocenters. The lowest BCUT2D eigenvalue weighted by atomic mass is 10.0. The second-order valence-electron chi connectivity index (χ2n) is 4.04. The van der Waals surface area contributed by atoms with Gasteiger partial charge in [0.2, 0.25) is 0 Å². The number of carbonyl (C=O) groups excluding carboxylic acids is 1. The van der Waals surface area contributed by atoms with Crippen molar-refractivity contribution in [1.82, 2.24) is 9.80 Å². The summed E-state index contributed by atoms with van der Waals surface area (Å²) >= 11 is 0. The summed E-state index contributed by atoms with van der Waals surface area (Å²) in [7, 11) is 1.62. The summed E-state index contributed by atoms with van der Waals surface area (Å²) in [5.74, 6) is -1.31. The van der Waals surface area contributed by atoms with Gasteiger partial charge in [-0.25, -0.2) is 4.79 Å². The van der Waals surface area contributed by atoms with Gasteiger partial charge in [-0.2, -0.15) is 5.26 Å². The maximum absolute atomic E-state index is 11.8. The molecule has 1 unspecified atom stereocenters. The van der Waals surface area contributed by atoms with E-state index in [9.17, 15) is 9.59 Å². The predicted octanol–water partition coefficient (Wildman–Crippen LogP) is 0.357. The highest BCUT2D eigenvalue weighted by atomic mass is 16.4. The molecular formula is C10H15N3O3. The van der Waals surface area contributed by atoms with E-state index in [1.54, 1.807) is 14.0 Å². The van der Waals surface area contributed by atoms with E-state index < -0.39 is 11.9 Å². The van der Waals surface area contributed by atoms with Crippen molar-refractivity contribution >= 4 is 12.0 Å². The molecule has 1 N–H and O–H groups in total. The number of nitrogens with zero attached hydrogens (tertiary/aromatic N) is 3. The molecule has 0 aromatic heterocycles. The van der Waals surface area contributed by atoms with Crippen molar-refractivity contribution in [2.24, 2.45) is 5.92 Å². The number of rotatable bonds is 3. The summed E-state index contributed by atoms with van der Waals surface area (Å²) in [5.41, 5.74) is 0. The zero-order valence-electron chi connectivity index (χ0n) is 9.38. The van der Waals surface area contributed by atoms with Crippen LogP contribution in [0.5, 0.6) is 0 Å². The number of carboxylic acids is 1. The zero-order chi connectivity index (χ0) is 12.3. The number of carbonyl (C=O) groups is 2. The molecule has 6 nitrogen and oxygen atoms in total. The minimum Gasteiger partial charge on any atom is -0.481 e. The van der Waals surface area contributed by atoms with Gasteiger partial charge in [-0.05, 0) is 6.92 Å². The van der Waals surface area contributed by atoms with Crippen LogP contribution in [0.4, 0.5) is 4.79 Å². The van der Waals surface area contributed by atoms with Crippen LogP contribution in [-0.2, 0) is 4.79 Å². The molecule has 0 aliphatic carbocycles. The SMILES string of the molecule is CC(CC#N)N(C)C(=O)N1CC(C(=O)O)C1. The molecule has 0 aromatic carbocycles. The van der Waals surface area contributed by atoms with Crippen LogP contribution >= 0.6 is 0 Å². The van der Waals surface area contributed by atoms with Gasteiger partial charge in [-0.1, -0.05) is 0 Å². The Bertz CT molecular complexity index is 331. The van der Waals surface area contributed by atoms with Gasteiger partial charge in [0, 0.05) is 26.2 Å². The number of hydrogen-bond donors (Lipinski definition) is 1. The fourth-order valence-corrected chi connectivity index (χ4v) is 1.47. The van der Waals surface area contributed by atoms with Crippen LogP contribution in [0.25, 0.3) is 0 Å². The van der Waals surface area contributed by atoms with Gasteiger partial charge >= 0.3 is 12.0 Å². The summed E-state index contributed by atoms with van der Waals surface area (Å²) in [4.78, 5) is 25.3. The van der Waals surface area contributed by atoms with Crippen molar-refractivity contribution in [3.8, 4) is 6.07 Å². The number of carboxylic acid groups (broad SMARTS) is 1. The first-order valence-electron chi connectivity index (χ1n) is 5.08. The van der Waals surface area contributed by atoms with Gasteiger partial charge in [0.05, 0.1) is 18.4 Å². The van der Waals surface area contributed by atoms with Crippen molar-refractivity contribution in [2.45, 2.75) is 19.4 Å². The summed E-state index contributed by atoms with van der Waals surface area (Å²) < 4.78 is 0. The van der Waals surface area contributed by atoms with Crippen LogP contribution in [0.3, 0.4) is 0 Å². The van der Waals surface area contributed by atoms with E-state index in [-0.39, 0.29) is 31.6 Å². The maximum Gasteiger partial charge on any atom is 0.320 e. The summed E-state index contributed by atoms with van der Waals surface area (Å²) in [6.07, 6.45) is 0.276. The first-order valence-corrected chi connectivity index (χ1v) is 5.08. The zero-order valence-corrected chi connectivity index (χ0v) is 9.38. The van der Waals surface area contributed by atoms with Gasteiger partial charge in [0.1, 0.15) is 0 Å². The van der Waals surface area contributed by atoms with E-state index in [0.29, 0.717) is 0 Å². The molecule has 1 fully saturated rings. The smallest absolute Gasteiger partial charge is 0.320 e. The maximum atomic E-state index is 11.8. The van der Waals surface area contributed by atoms with Gasteiger partial charge in [0.15, 0.2) is 0 Å². The Hall–Kier alpha value is -1.77. The van der Waals surface area contributed by atoms with Crippen molar-refractivity contribution < 1.29 is 14.7 Å². The van der Waals surface area contributed by atoms with Crippen LogP contribution in [0.1, 0.15) is 13.3 Å². The fraction of sp³-hybridized carbons (Fsp3) is 0.700. The fourth-order valence-electron chi connectivity index (χ4n) is 1.47. The molecule has 88 valence electrons. The van der Waals surface area contributed by atoms with Crippen LogP contribution in [-0.4, -0.2) is 53.1 Å². The van der Waals surface area contributed by atoms with Crippen molar-refractivity contribution in [3.63, 3.8) is 0 Å². The Labute approximate surface area is 94.0 Å². The second kappa shape index (κ2) is 4.84. The second-order valence-corrected chi connectivity index (χ2v) is 4.04. The Morgan fingerprint density at radius 1 is 1.62 bits per heavy atom. The third-order valence-corrected chi connectivity index (χ3v) is 2.85. The van der Waals surface area contributed by atoms with Crippen molar-refractivity contribution in [2.75, 3.05) is 20.1 Å². The van der Waals surface area contributed by atoms with Crippen molar-refractivity contribution in [1.29, 1.82) is 5.26 Å². The average molecular weight is 225 g/mol. The standard InChI is InChI=1S/C10H15N3O3/c1-7(3-4-11)12(2)10(16)13-5-8(6-13)9(14)15/h7-8H,3,5-6H2,1-2H3,(H,14,15). The normalized spacial score (nSPS) is 17.2. The molecule has 1 rings (SSSR count). The molecular weight excluding hydrogens is 210 g/mol. The Kier molecular flexibility index (Phi) is 3.72. The molecule has 16 heavy (non-hydrogen) atoms. The molecule has 6 heteroatoms. The minimum atomic E-state index is -0.864. The number of aliphatic carboxylic acids is 1. The number of nitriles is 1. The van der Waals surface area contributed by atoms with E-state index in [1.807, 2.05) is 6.07 Å². The molecule has 0 radical (unpaired) electrons. The van der Waals surface area contributed by atoms with Gasteiger partial charge in [-0.15, -0.1) is 0 Å². The molecule has 0 aromatic rings. The van der Waals surface area contributed by atoms with Crippen LogP contribution in [0.15, 0.2) is 0 Å². The van der Waals surface area contributed by atoms with Crippen molar-refractivity contribution in [3.05, 3.63) is 0 Å². The third kappa shape index (κ3) is 2.42. The average Bonchev–Trinajstić information content (AvgIpc) is 2.13. The highest BCUT2D eigenvalue weighted by Gasteiger charge is 2.37. The number of hydrogen-bond acceptors (Lipinski definition) is 3.